The van der Waals surface area contributed by atoms with Crippen molar-refractivity contribution < 1.29 is 32.2 Å². The lowest BCUT2D eigenvalue weighted by atomic mass is 10.0. The minimum Gasteiger partial charge on any atom is -0.458 e. The van der Waals surface area contributed by atoms with Gasteiger partial charge in [0.1, 0.15) is 6.61 Å². The van der Waals surface area contributed by atoms with Crippen LogP contribution in [0.25, 0.3) is 22.0 Å². The summed E-state index contributed by atoms with van der Waals surface area (Å²) in [6.07, 6.45) is -3.14. The van der Waals surface area contributed by atoms with Gasteiger partial charge in [0.25, 0.3) is 5.56 Å². The van der Waals surface area contributed by atoms with Gasteiger partial charge < -0.3 is 14.5 Å². The van der Waals surface area contributed by atoms with Crippen LogP contribution in [0.4, 0.5) is 23.7 Å². The molecule has 0 saturated carbocycles. The lowest BCUT2D eigenvalue weighted by Crippen LogP contribution is -2.26. The third kappa shape index (κ3) is 4.88. The molecule has 1 aliphatic rings. The number of halogens is 3. The number of fused-ring (bicyclic) bond motifs is 1. The zero-order valence-electron chi connectivity index (χ0n) is 19.0. The molecule has 0 radical (unpaired) electrons. The van der Waals surface area contributed by atoms with Crippen LogP contribution >= 0.6 is 0 Å². The van der Waals surface area contributed by atoms with E-state index in [1.165, 1.54) is 47.6 Å². The average Bonchev–Trinajstić information content (AvgIpc) is 3.27. The van der Waals surface area contributed by atoms with Gasteiger partial charge in [-0.25, -0.2) is 9.59 Å². The monoisotopic (exact) mass is 509 g/mol. The van der Waals surface area contributed by atoms with E-state index in [1.54, 1.807) is 24.3 Å². The van der Waals surface area contributed by atoms with E-state index in [2.05, 4.69) is 9.97 Å². The number of nitrogens with one attached hydrogen (secondary N) is 1. The van der Waals surface area contributed by atoms with E-state index in [1.807, 2.05) is 0 Å². The van der Waals surface area contributed by atoms with Crippen LogP contribution in [0.3, 0.4) is 0 Å². The second-order valence-corrected chi connectivity index (χ2v) is 8.28. The fraction of sp³-hybridized carbons (Fsp3) is 0.154. The first kappa shape index (κ1) is 24.0. The van der Waals surface area contributed by atoms with E-state index in [0.29, 0.717) is 11.1 Å². The molecule has 1 N–H and O–H groups in total. The van der Waals surface area contributed by atoms with Gasteiger partial charge in [-0.2, -0.15) is 13.2 Å². The van der Waals surface area contributed by atoms with Crippen molar-refractivity contribution >= 4 is 28.5 Å². The highest BCUT2D eigenvalue weighted by atomic mass is 19.4. The van der Waals surface area contributed by atoms with Gasteiger partial charge in [0, 0.05) is 34.7 Å². The molecule has 0 aliphatic carbocycles. The molecular formula is C26H18F3N3O5. The van der Waals surface area contributed by atoms with Gasteiger partial charge in [-0.1, -0.05) is 24.3 Å². The third-order valence-corrected chi connectivity index (χ3v) is 5.84. The minimum atomic E-state index is -4.59. The molecule has 8 nitrogen and oxygen atoms in total. The highest BCUT2D eigenvalue weighted by molar-refractivity contribution is 5.95. The Morgan fingerprint density at radius 3 is 2.68 bits per heavy atom. The van der Waals surface area contributed by atoms with E-state index in [9.17, 15) is 27.6 Å². The summed E-state index contributed by atoms with van der Waals surface area (Å²) in [4.78, 5) is 45.0. The van der Waals surface area contributed by atoms with Crippen molar-refractivity contribution in [3.05, 3.63) is 94.5 Å². The largest absolute Gasteiger partial charge is 0.458 e. The minimum absolute atomic E-state index is 0.0225. The summed E-state index contributed by atoms with van der Waals surface area (Å²) in [6.45, 7) is -0.105. The molecule has 1 atom stereocenters. The van der Waals surface area contributed by atoms with Crippen molar-refractivity contribution in [1.29, 1.82) is 0 Å². The van der Waals surface area contributed by atoms with Crippen LogP contribution in [-0.2, 0) is 15.7 Å². The molecule has 4 aromatic rings. The molecule has 0 bridgehead atoms. The standard InChI is InChI=1S/C26H18F3N3O5/c27-26(28,29)21-6-2-1-5-19(21)22-10-15-7-8-17(11-20(15)23(33)31-22)32-13-18(37-25(32)35)14-36-24(34)16-4-3-9-30-12-16/h1-12,18H,13-14H2,(H,31,33). The number of pyridine rings is 2. The first-order valence-electron chi connectivity index (χ1n) is 11.1. The molecule has 1 unspecified atom stereocenters. The Labute approximate surface area is 207 Å². The summed E-state index contributed by atoms with van der Waals surface area (Å²) in [5.41, 5.74) is -0.987. The number of benzene rings is 2. The van der Waals surface area contributed by atoms with Crippen molar-refractivity contribution in [2.24, 2.45) is 0 Å². The normalized spacial score (nSPS) is 15.6. The van der Waals surface area contributed by atoms with E-state index < -0.39 is 35.5 Å². The topological polar surface area (TPSA) is 102 Å². The molecule has 1 saturated heterocycles. The Hall–Kier alpha value is -4.67. The summed E-state index contributed by atoms with van der Waals surface area (Å²) in [7, 11) is 0. The van der Waals surface area contributed by atoms with E-state index >= 15 is 0 Å². The van der Waals surface area contributed by atoms with Gasteiger partial charge in [-0.3, -0.25) is 14.7 Å². The molecule has 2 aromatic carbocycles. The van der Waals surface area contributed by atoms with Gasteiger partial charge in [-0.15, -0.1) is 0 Å². The number of rotatable bonds is 5. The molecule has 0 spiro atoms. The number of nitrogens with zero attached hydrogens (tertiary/aromatic N) is 2. The Morgan fingerprint density at radius 1 is 1.11 bits per heavy atom. The van der Waals surface area contributed by atoms with Gasteiger partial charge in [0.2, 0.25) is 0 Å². The Morgan fingerprint density at radius 2 is 1.92 bits per heavy atom. The summed E-state index contributed by atoms with van der Waals surface area (Å²) in [6, 6.07) is 14.1. The lowest BCUT2D eigenvalue weighted by molar-refractivity contribution is -0.137. The quantitative estimate of drug-likeness (QED) is 0.388. The molecule has 1 amide bonds. The fourth-order valence-electron chi connectivity index (χ4n) is 4.08. The zero-order valence-corrected chi connectivity index (χ0v) is 19.0. The van der Waals surface area contributed by atoms with E-state index in [4.69, 9.17) is 9.47 Å². The second kappa shape index (κ2) is 9.41. The number of alkyl halides is 3. The number of hydrogen-bond acceptors (Lipinski definition) is 6. The number of ether oxygens (including phenoxy) is 2. The number of amides is 1. The van der Waals surface area contributed by atoms with Crippen LogP contribution in [0.15, 0.2) is 77.9 Å². The zero-order chi connectivity index (χ0) is 26.2. The predicted octanol–water partition coefficient (Wildman–Crippen LogP) is 4.79. The molecule has 5 rings (SSSR count). The summed E-state index contributed by atoms with van der Waals surface area (Å²) < 4.78 is 50.9. The highest BCUT2D eigenvalue weighted by Crippen LogP contribution is 2.36. The maximum Gasteiger partial charge on any atom is 0.417 e. The number of aromatic amines is 1. The summed E-state index contributed by atoms with van der Waals surface area (Å²) >= 11 is 0. The van der Waals surface area contributed by atoms with Crippen molar-refractivity contribution in [3.8, 4) is 11.3 Å². The summed E-state index contributed by atoms with van der Waals surface area (Å²) in [5, 5.41) is 0.582. The molecule has 3 heterocycles. The maximum absolute atomic E-state index is 13.5. The first-order valence-corrected chi connectivity index (χ1v) is 11.1. The van der Waals surface area contributed by atoms with Crippen LogP contribution < -0.4 is 10.5 Å². The Balaban J connectivity index is 1.36. The maximum atomic E-state index is 13.5. The summed E-state index contributed by atoms with van der Waals surface area (Å²) in [5.74, 6) is -0.609. The van der Waals surface area contributed by atoms with Gasteiger partial charge in [0.15, 0.2) is 6.10 Å². The van der Waals surface area contributed by atoms with Crippen LogP contribution in [0.5, 0.6) is 0 Å². The van der Waals surface area contributed by atoms with E-state index in [-0.39, 0.29) is 35.4 Å². The molecule has 1 fully saturated rings. The number of carbonyl (C=O) groups excluding carboxylic acids is 2. The number of anilines is 1. The van der Waals surface area contributed by atoms with Gasteiger partial charge >= 0.3 is 18.2 Å². The highest BCUT2D eigenvalue weighted by Gasteiger charge is 2.35. The van der Waals surface area contributed by atoms with Gasteiger partial charge in [-0.05, 0) is 41.8 Å². The van der Waals surface area contributed by atoms with Crippen LogP contribution in [-0.4, -0.2) is 41.3 Å². The van der Waals surface area contributed by atoms with E-state index in [0.717, 1.165) is 6.07 Å². The smallest absolute Gasteiger partial charge is 0.417 e. The SMILES string of the molecule is O=C(OCC1CN(c2ccc3cc(-c4ccccc4C(F)(F)F)[nH]c(=O)c3c2)C(=O)O1)c1cccnc1. The molecule has 37 heavy (non-hydrogen) atoms. The van der Waals surface area contributed by atoms with Crippen molar-refractivity contribution in [2.75, 3.05) is 18.1 Å². The van der Waals surface area contributed by atoms with Crippen LogP contribution in [0.1, 0.15) is 15.9 Å². The van der Waals surface area contributed by atoms with Gasteiger partial charge in [0.05, 0.1) is 17.7 Å². The third-order valence-electron chi connectivity index (χ3n) is 5.84. The number of hydrogen-bond donors (Lipinski definition) is 1. The Kier molecular flexibility index (Phi) is 6.12. The number of aromatic nitrogens is 2. The average molecular weight is 509 g/mol. The van der Waals surface area contributed by atoms with Crippen molar-refractivity contribution in [2.45, 2.75) is 12.3 Å². The second-order valence-electron chi connectivity index (χ2n) is 8.28. The first-order chi connectivity index (χ1) is 17.7. The number of carbonyl (C=O) groups is 2. The Bertz CT molecular complexity index is 1550. The number of cyclic esters (lactones) is 1. The molecule has 11 heteroatoms. The molecule has 1 aliphatic heterocycles. The number of H-pyrrole nitrogens is 1. The van der Waals surface area contributed by atoms with Crippen LogP contribution in [0.2, 0.25) is 0 Å². The van der Waals surface area contributed by atoms with Crippen molar-refractivity contribution in [1.82, 2.24) is 9.97 Å². The lowest BCUT2D eigenvalue weighted by Gasteiger charge is -2.15. The predicted molar refractivity (Wildman–Crippen MR) is 127 cm³/mol. The van der Waals surface area contributed by atoms with Crippen molar-refractivity contribution in [3.63, 3.8) is 0 Å². The fourth-order valence-corrected chi connectivity index (χ4v) is 4.08. The number of esters is 1. The van der Waals surface area contributed by atoms with Crippen LogP contribution in [0, 0.1) is 0 Å². The molecular weight excluding hydrogens is 491 g/mol. The molecule has 188 valence electrons. The molecule has 2 aromatic heterocycles.